The number of primary amides is 1. The van der Waals surface area contributed by atoms with Crippen LogP contribution in [0.5, 0.6) is 0 Å². The molecule has 0 saturated carbocycles. The molecule has 0 aliphatic rings. The van der Waals surface area contributed by atoms with Crippen LogP contribution in [0.25, 0.3) is 11.1 Å². The quantitative estimate of drug-likeness (QED) is 0.0534. The molecule has 43 heavy (non-hydrogen) atoms. The summed E-state index contributed by atoms with van der Waals surface area (Å²) in [5.74, 6) is -0.686. The maximum absolute atomic E-state index is 12.2. The molecule has 3 aromatic carbocycles. The van der Waals surface area contributed by atoms with Gasteiger partial charge in [0.15, 0.2) is 5.96 Å². The van der Waals surface area contributed by atoms with Crippen LogP contribution in [0, 0.1) is 0 Å². The highest BCUT2D eigenvalue weighted by atomic mass is 16.5. The maximum Gasteiger partial charge on any atom is 0.306 e. The molecule has 0 aromatic heterocycles. The fourth-order valence-electron chi connectivity index (χ4n) is 4.63. The second kappa shape index (κ2) is 18.3. The third-order valence-corrected chi connectivity index (χ3v) is 7.07. The van der Waals surface area contributed by atoms with Crippen molar-refractivity contribution in [2.24, 2.45) is 27.9 Å². The van der Waals surface area contributed by atoms with Gasteiger partial charge in [-0.15, -0.1) is 0 Å². The van der Waals surface area contributed by atoms with Crippen LogP contribution in [0.3, 0.4) is 0 Å². The number of nitrogens with zero attached hydrogens (tertiary/aromatic N) is 1. The minimum atomic E-state index is -0.521. The fraction of sp³-hybridized carbons (Fsp3) is 0.364. The molecular weight excluding hydrogens is 542 g/mol. The molecule has 10 heteroatoms. The van der Waals surface area contributed by atoms with Crippen molar-refractivity contribution in [2.45, 2.75) is 56.8 Å². The number of aliphatic imine (C=N–C) groups is 1. The molecule has 3 atom stereocenters. The molecule has 1 amide bonds. The summed E-state index contributed by atoms with van der Waals surface area (Å²) in [7, 11) is 0. The summed E-state index contributed by atoms with van der Waals surface area (Å²) >= 11 is 0. The Kier molecular flexibility index (Phi) is 14.2. The molecule has 0 aliphatic carbocycles. The van der Waals surface area contributed by atoms with Gasteiger partial charge < -0.3 is 38.3 Å². The Balaban J connectivity index is 1.55. The van der Waals surface area contributed by atoms with Gasteiger partial charge in [-0.2, -0.15) is 0 Å². The summed E-state index contributed by atoms with van der Waals surface area (Å²) in [6, 6.07) is 27.4. The Morgan fingerprint density at radius 1 is 0.767 bits per heavy atom. The molecule has 230 valence electrons. The lowest BCUT2D eigenvalue weighted by Crippen LogP contribution is -2.50. The van der Waals surface area contributed by atoms with Crippen LogP contribution < -0.4 is 33.6 Å². The molecule has 10 N–H and O–H groups in total. The summed E-state index contributed by atoms with van der Waals surface area (Å²) < 4.78 is 5.37. The van der Waals surface area contributed by atoms with E-state index >= 15 is 0 Å². The van der Waals surface area contributed by atoms with E-state index in [0.29, 0.717) is 45.3 Å². The van der Waals surface area contributed by atoms with Crippen LogP contribution in [0.1, 0.15) is 36.8 Å². The van der Waals surface area contributed by atoms with Gasteiger partial charge in [0.05, 0.1) is 6.04 Å². The lowest BCUT2D eigenvalue weighted by molar-refractivity contribution is -0.145. The van der Waals surface area contributed by atoms with Crippen LogP contribution in [-0.2, 0) is 27.4 Å². The Bertz CT molecular complexity index is 1270. The van der Waals surface area contributed by atoms with Gasteiger partial charge in [0.2, 0.25) is 5.91 Å². The van der Waals surface area contributed by atoms with Crippen molar-refractivity contribution in [2.75, 3.05) is 19.6 Å². The molecule has 0 heterocycles. The molecule has 3 aromatic rings. The van der Waals surface area contributed by atoms with Crippen molar-refractivity contribution in [1.82, 2.24) is 10.6 Å². The summed E-state index contributed by atoms with van der Waals surface area (Å²) in [6.45, 7) is 1.65. The number of nitrogens with one attached hydrogen (secondary N) is 2. The Morgan fingerprint density at radius 3 is 2.07 bits per heavy atom. The minimum Gasteiger partial charge on any atom is -0.461 e. The van der Waals surface area contributed by atoms with Crippen molar-refractivity contribution in [3.05, 3.63) is 96.1 Å². The number of benzene rings is 3. The van der Waals surface area contributed by atoms with Gasteiger partial charge in [-0.05, 0) is 47.9 Å². The third kappa shape index (κ3) is 13.1. The maximum atomic E-state index is 12.2. The number of amides is 1. The van der Waals surface area contributed by atoms with E-state index in [-0.39, 0.29) is 37.0 Å². The van der Waals surface area contributed by atoms with E-state index in [1.165, 1.54) is 0 Å². The predicted octanol–water partition coefficient (Wildman–Crippen LogP) is 2.20. The molecule has 0 bridgehead atoms. The van der Waals surface area contributed by atoms with Gasteiger partial charge in [-0.1, -0.05) is 84.9 Å². The molecule has 0 aliphatic heterocycles. The van der Waals surface area contributed by atoms with E-state index in [2.05, 4.69) is 52.0 Å². The zero-order chi connectivity index (χ0) is 30.9. The number of guanidine groups is 1. The first-order valence-electron chi connectivity index (χ1n) is 14.7. The molecule has 3 unspecified atom stereocenters. The van der Waals surface area contributed by atoms with Crippen LogP contribution in [0.4, 0.5) is 0 Å². The Morgan fingerprint density at radius 2 is 1.42 bits per heavy atom. The lowest BCUT2D eigenvalue weighted by Gasteiger charge is -2.24. The first kappa shape index (κ1) is 33.3. The largest absolute Gasteiger partial charge is 0.461 e. The summed E-state index contributed by atoms with van der Waals surface area (Å²) in [6.07, 6.45) is 2.55. The van der Waals surface area contributed by atoms with Gasteiger partial charge in [-0.3, -0.25) is 14.6 Å². The second-order valence-corrected chi connectivity index (χ2v) is 10.6. The van der Waals surface area contributed by atoms with Crippen LogP contribution in [-0.4, -0.2) is 55.6 Å². The second-order valence-electron chi connectivity index (χ2n) is 10.6. The normalized spacial score (nSPS) is 13.0. The Labute approximate surface area is 254 Å². The molecule has 0 radical (unpaired) electrons. The fourth-order valence-corrected chi connectivity index (χ4v) is 4.63. The van der Waals surface area contributed by atoms with Crippen LogP contribution >= 0.6 is 0 Å². The number of hydrogen-bond donors (Lipinski definition) is 6. The van der Waals surface area contributed by atoms with E-state index in [4.69, 9.17) is 27.7 Å². The Hall–Kier alpha value is -4.25. The number of carbonyl (C=O) groups is 2. The number of carbonyl (C=O) groups excluding carboxylic acids is 2. The first-order valence-corrected chi connectivity index (χ1v) is 14.7. The third-order valence-electron chi connectivity index (χ3n) is 7.07. The van der Waals surface area contributed by atoms with Gasteiger partial charge >= 0.3 is 5.97 Å². The molecule has 0 saturated heterocycles. The van der Waals surface area contributed by atoms with E-state index in [1.807, 2.05) is 48.5 Å². The van der Waals surface area contributed by atoms with Crippen molar-refractivity contribution in [3.8, 4) is 11.1 Å². The summed E-state index contributed by atoms with van der Waals surface area (Å²) in [5, 5.41) is 6.83. The number of nitrogens with two attached hydrogens (primary N) is 4. The minimum absolute atomic E-state index is 0.0203. The average molecular weight is 588 g/mol. The molecule has 0 spiro atoms. The topological polar surface area (TPSA) is 184 Å². The predicted molar refractivity (Wildman–Crippen MR) is 172 cm³/mol. The monoisotopic (exact) mass is 587 g/mol. The lowest BCUT2D eigenvalue weighted by atomic mass is 10.00. The highest BCUT2D eigenvalue weighted by molar-refractivity contribution is 5.79. The van der Waals surface area contributed by atoms with Crippen LogP contribution in [0.2, 0.25) is 0 Å². The van der Waals surface area contributed by atoms with E-state index in [9.17, 15) is 9.59 Å². The number of esters is 1. The molecule has 10 nitrogen and oxygen atoms in total. The molecule has 0 fully saturated rings. The molecular formula is C33H45N7O3. The van der Waals surface area contributed by atoms with E-state index in [0.717, 1.165) is 22.3 Å². The van der Waals surface area contributed by atoms with Gasteiger partial charge in [0.25, 0.3) is 0 Å². The zero-order valence-electron chi connectivity index (χ0n) is 24.7. The number of rotatable bonds is 19. The zero-order valence-corrected chi connectivity index (χ0v) is 24.7. The summed E-state index contributed by atoms with van der Waals surface area (Å²) in [4.78, 5) is 28.3. The first-order chi connectivity index (χ1) is 20.8. The van der Waals surface area contributed by atoms with Crippen molar-refractivity contribution in [3.63, 3.8) is 0 Å². The van der Waals surface area contributed by atoms with Gasteiger partial charge in [0, 0.05) is 38.1 Å². The number of ether oxygens (including phenoxy) is 1. The van der Waals surface area contributed by atoms with E-state index in [1.54, 1.807) is 0 Å². The van der Waals surface area contributed by atoms with Crippen molar-refractivity contribution >= 4 is 17.8 Å². The average Bonchev–Trinajstić information content (AvgIpc) is 3.02. The van der Waals surface area contributed by atoms with E-state index < -0.39 is 11.9 Å². The van der Waals surface area contributed by atoms with Gasteiger partial charge in [0.1, 0.15) is 6.61 Å². The van der Waals surface area contributed by atoms with Crippen LogP contribution in [0.15, 0.2) is 89.9 Å². The molecule has 3 rings (SSSR count). The number of hydrogen-bond acceptors (Lipinski definition) is 7. The summed E-state index contributed by atoms with van der Waals surface area (Å²) in [5.41, 5.74) is 27.2. The van der Waals surface area contributed by atoms with Gasteiger partial charge in [-0.25, -0.2) is 0 Å². The smallest absolute Gasteiger partial charge is 0.306 e. The highest BCUT2D eigenvalue weighted by Gasteiger charge is 2.19. The van der Waals surface area contributed by atoms with Crippen molar-refractivity contribution in [1.29, 1.82) is 0 Å². The SMILES string of the molecule is NC(=O)C(CCCN=C(N)N)NCC(Cc1ccc(-c2ccccc2)cc1)NCC(N)CCC(=O)OCc1ccccc1. The van der Waals surface area contributed by atoms with Crippen molar-refractivity contribution < 1.29 is 14.3 Å². The standard InChI is InChI=1S/C33H45N7O3/c34-28(17-18-31(41)43-23-25-8-3-1-4-9-25)21-39-29(22-40-30(32(35)42)12-7-19-38-33(36)37)20-24-13-15-27(16-14-24)26-10-5-2-6-11-26/h1-6,8-11,13-16,28-30,39-40H,7,12,17-23,34H2,(H2,35,42)(H4,36,37,38). The highest BCUT2D eigenvalue weighted by Crippen LogP contribution is 2.20.